The first kappa shape index (κ1) is 9.16. The van der Waals surface area contributed by atoms with E-state index in [4.69, 9.17) is 0 Å². The van der Waals surface area contributed by atoms with E-state index in [9.17, 15) is 0 Å². The van der Waals surface area contributed by atoms with Gasteiger partial charge in [0.05, 0.1) is 10.6 Å². The topological polar surface area (TPSA) is 28.7 Å². The molecule has 0 unspecified atom stereocenters. The standard InChI is InChI=1S/C12H14N2S/c1-6-5-8-10(15-6)9-11(12(8,3)4)14-7(2)13-9/h5H,1-4H3,(H,13,14). The molecule has 0 amide bonds. The van der Waals surface area contributed by atoms with Gasteiger partial charge in [0, 0.05) is 10.3 Å². The normalized spacial score (nSPS) is 16.5. The lowest BCUT2D eigenvalue weighted by Crippen LogP contribution is -2.15. The van der Waals surface area contributed by atoms with Crippen LogP contribution in [0.4, 0.5) is 0 Å². The zero-order valence-corrected chi connectivity index (χ0v) is 10.2. The summed E-state index contributed by atoms with van der Waals surface area (Å²) < 4.78 is 0. The maximum atomic E-state index is 4.60. The number of nitrogens with zero attached hydrogens (tertiary/aromatic N) is 1. The van der Waals surface area contributed by atoms with Gasteiger partial charge < -0.3 is 4.98 Å². The van der Waals surface area contributed by atoms with Gasteiger partial charge in [0.2, 0.25) is 0 Å². The number of aromatic nitrogens is 2. The van der Waals surface area contributed by atoms with Crippen LogP contribution in [0, 0.1) is 13.8 Å². The zero-order valence-electron chi connectivity index (χ0n) is 9.43. The number of rotatable bonds is 0. The number of imidazole rings is 1. The lowest BCUT2D eigenvalue weighted by Gasteiger charge is -2.18. The zero-order chi connectivity index (χ0) is 10.8. The van der Waals surface area contributed by atoms with Crippen LogP contribution in [0.5, 0.6) is 0 Å². The van der Waals surface area contributed by atoms with Crippen LogP contribution in [0.3, 0.4) is 0 Å². The molecular weight excluding hydrogens is 204 g/mol. The number of nitrogens with one attached hydrogen (secondary N) is 1. The van der Waals surface area contributed by atoms with E-state index < -0.39 is 0 Å². The highest BCUT2D eigenvalue weighted by molar-refractivity contribution is 7.15. The molecule has 2 nitrogen and oxygen atoms in total. The number of aryl methyl sites for hydroxylation is 2. The second kappa shape index (κ2) is 2.53. The minimum absolute atomic E-state index is 0.0939. The van der Waals surface area contributed by atoms with Crippen molar-refractivity contribution in [1.29, 1.82) is 0 Å². The molecule has 0 saturated carbocycles. The summed E-state index contributed by atoms with van der Waals surface area (Å²) in [5.41, 5.74) is 3.97. The molecule has 0 aromatic carbocycles. The molecule has 2 heterocycles. The Morgan fingerprint density at radius 3 is 2.80 bits per heavy atom. The number of hydrogen-bond donors (Lipinski definition) is 1. The van der Waals surface area contributed by atoms with Crippen LogP contribution >= 0.6 is 11.3 Å². The Bertz CT molecular complexity index is 498. The van der Waals surface area contributed by atoms with Crippen molar-refractivity contribution in [1.82, 2.24) is 9.97 Å². The van der Waals surface area contributed by atoms with Crippen molar-refractivity contribution in [3.63, 3.8) is 0 Å². The van der Waals surface area contributed by atoms with Gasteiger partial charge in [-0.25, -0.2) is 4.98 Å². The van der Waals surface area contributed by atoms with Crippen LogP contribution in [0.1, 0.15) is 35.8 Å². The molecule has 0 saturated heterocycles. The molecule has 15 heavy (non-hydrogen) atoms. The van der Waals surface area contributed by atoms with Gasteiger partial charge in [0.1, 0.15) is 11.5 Å². The second-order valence-corrected chi connectivity index (χ2v) is 6.03. The molecule has 3 heteroatoms. The number of hydrogen-bond acceptors (Lipinski definition) is 2. The SMILES string of the molecule is Cc1nc2c([nH]1)C(C)(C)c1cc(C)sc1-2. The van der Waals surface area contributed by atoms with Gasteiger partial charge in [0.25, 0.3) is 0 Å². The molecule has 0 bridgehead atoms. The Balaban J connectivity index is 2.38. The van der Waals surface area contributed by atoms with E-state index in [1.807, 2.05) is 18.3 Å². The van der Waals surface area contributed by atoms with Gasteiger partial charge in [-0.15, -0.1) is 11.3 Å². The fourth-order valence-electron chi connectivity index (χ4n) is 2.40. The Hall–Kier alpha value is -1.09. The third-order valence-electron chi connectivity index (χ3n) is 3.19. The lowest BCUT2D eigenvalue weighted by atomic mass is 9.87. The number of fused-ring (bicyclic) bond motifs is 3. The smallest absolute Gasteiger partial charge is 0.103 e. The van der Waals surface area contributed by atoms with E-state index in [1.165, 1.54) is 26.7 Å². The Morgan fingerprint density at radius 2 is 2.07 bits per heavy atom. The minimum Gasteiger partial charge on any atom is -0.345 e. The maximum absolute atomic E-state index is 4.60. The summed E-state index contributed by atoms with van der Waals surface area (Å²) in [6.07, 6.45) is 0. The second-order valence-electron chi connectivity index (χ2n) is 4.77. The van der Waals surface area contributed by atoms with Gasteiger partial charge in [-0.2, -0.15) is 0 Å². The summed E-state index contributed by atoms with van der Waals surface area (Å²) in [4.78, 5) is 10.7. The Morgan fingerprint density at radius 1 is 1.33 bits per heavy atom. The molecular formula is C12H14N2S. The summed E-state index contributed by atoms with van der Waals surface area (Å²) in [5.74, 6) is 1.02. The van der Waals surface area contributed by atoms with E-state index in [-0.39, 0.29) is 5.41 Å². The van der Waals surface area contributed by atoms with E-state index in [2.05, 4.69) is 36.8 Å². The average Bonchev–Trinajstić information content (AvgIpc) is 2.72. The monoisotopic (exact) mass is 218 g/mol. The molecule has 0 radical (unpaired) electrons. The number of thiophene rings is 1. The van der Waals surface area contributed by atoms with Crippen LogP contribution in [0.2, 0.25) is 0 Å². The first-order valence-corrected chi connectivity index (χ1v) is 6.00. The number of aromatic amines is 1. The van der Waals surface area contributed by atoms with Gasteiger partial charge in [-0.05, 0) is 25.5 Å². The fourth-order valence-corrected chi connectivity index (χ4v) is 3.56. The average molecular weight is 218 g/mol. The van der Waals surface area contributed by atoms with Crippen molar-refractivity contribution in [2.24, 2.45) is 0 Å². The predicted molar refractivity (Wildman–Crippen MR) is 63.5 cm³/mol. The van der Waals surface area contributed by atoms with Crippen molar-refractivity contribution < 1.29 is 0 Å². The van der Waals surface area contributed by atoms with E-state index in [0.717, 1.165) is 5.82 Å². The van der Waals surface area contributed by atoms with Crippen LogP contribution in [0.25, 0.3) is 10.6 Å². The highest BCUT2D eigenvalue weighted by Gasteiger charge is 2.39. The van der Waals surface area contributed by atoms with E-state index in [1.54, 1.807) is 0 Å². The molecule has 1 aliphatic carbocycles. The van der Waals surface area contributed by atoms with Crippen molar-refractivity contribution in [3.05, 3.63) is 28.0 Å². The van der Waals surface area contributed by atoms with Gasteiger partial charge >= 0.3 is 0 Å². The van der Waals surface area contributed by atoms with E-state index in [0.29, 0.717) is 0 Å². The summed E-state index contributed by atoms with van der Waals surface area (Å²) >= 11 is 1.85. The Labute approximate surface area is 93.4 Å². The van der Waals surface area contributed by atoms with Crippen LogP contribution in [0.15, 0.2) is 6.07 Å². The fraction of sp³-hybridized carbons (Fsp3) is 0.417. The largest absolute Gasteiger partial charge is 0.345 e. The summed E-state index contributed by atoms with van der Waals surface area (Å²) in [6, 6.07) is 2.30. The first-order valence-electron chi connectivity index (χ1n) is 5.18. The van der Waals surface area contributed by atoms with Crippen LogP contribution in [-0.2, 0) is 5.41 Å². The first-order chi connectivity index (χ1) is 7.00. The molecule has 1 N–H and O–H groups in total. The van der Waals surface area contributed by atoms with Gasteiger partial charge in [-0.1, -0.05) is 13.8 Å². The van der Waals surface area contributed by atoms with Crippen molar-refractivity contribution in [3.8, 4) is 10.6 Å². The third-order valence-corrected chi connectivity index (χ3v) is 4.25. The third kappa shape index (κ3) is 1.01. The number of H-pyrrole nitrogens is 1. The van der Waals surface area contributed by atoms with Crippen molar-refractivity contribution in [2.75, 3.05) is 0 Å². The molecule has 0 spiro atoms. The van der Waals surface area contributed by atoms with Gasteiger partial charge in [0.15, 0.2) is 0 Å². The molecule has 3 rings (SSSR count). The predicted octanol–water partition coefficient (Wildman–Crippen LogP) is 3.39. The van der Waals surface area contributed by atoms with Gasteiger partial charge in [-0.3, -0.25) is 0 Å². The van der Waals surface area contributed by atoms with Crippen LogP contribution < -0.4 is 0 Å². The summed E-state index contributed by atoms with van der Waals surface area (Å²) in [7, 11) is 0. The highest BCUT2D eigenvalue weighted by Crippen LogP contribution is 2.50. The van der Waals surface area contributed by atoms with Crippen LogP contribution in [-0.4, -0.2) is 9.97 Å². The lowest BCUT2D eigenvalue weighted by molar-refractivity contribution is 0.639. The molecule has 0 atom stereocenters. The minimum atomic E-state index is 0.0939. The van der Waals surface area contributed by atoms with Crippen molar-refractivity contribution in [2.45, 2.75) is 33.1 Å². The molecule has 2 aromatic rings. The quantitative estimate of drug-likeness (QED) is 0.721. The molecule has 0 aliphatic heterocycles. The molecule has 78 valence electrons. The molecule has 2 aromatic heterocycles. The molecule has 1 aliphatic rings. The maximum Gasteiger partial charge on any atom is 0.103 e. The summed E-state index contributed by atoms with van der Waals surface area (Å²) in [6.45, 7) is 8.72. The summed E-state index contributed by atoms with van der Waals surface area (Å²) in [5, 5.41) is 0. The highest BCUT2D eigenvalue weighted by atomic mass is 32.1. The van der Waals surface area contributed by atoms with Crippen molar-refractivity contribution >= 4 is 11.3 Å². The Kier molecular flexibility index (Phi) is 1.54. The van der Waals surface area contributed by atoms with E-state index >= 15 is 0 Å². The molecule has 0 fully saturated rings.